The highest BCUT2D eigenvalue weighted by Crippen LogP contribution is 2.27. The molecular weight excluding hydrogens is 288 g/mol. The third-order valence-corrected chi connectivity index (χ3v) is 3.82. The Morgan fingerprint density at radius 2 is 2.33 bits per heavy atom. The van der Waals surface area contributed by atoms with Crippen LogP contribution in [0.1, 0.15) is 30.1 Å². The van der Waals surface area contributed by atoms with Crippen molar-refractivity contribution in [1.29, 1.82) is 0 Å². The molecule has 2 N–H and O–H groups in total. The summed E-state index contributed by atoms with van der Waals surface area (Å²) in [6, 6.07) is 5.36. The fourth-order valence-corrected chi connectivity index (χ4v) is 2.58. The van der Waals surface area contributed by atoms with E-state index in [0.29, 0.717) is 36.0 Å². The zero-order valence-corrected chi connectivity index (χ0v) is 13.0. The standard InChI is InChI=1S/C16H21ClN2O2/c1-2-13-5-3-9-19(13)16(20)12-6-7-15(14(17)11-12)21-10-4-8-18/h3,5-7,11,13H,2,4,8-10,18H2,1H3/t13-/m0/s1. The summed E-state index contributed by atoms with van der Waals surface area (Å²) in [5.74, 6) is 0.593. The van der Waals surface area contributed by atoms with E-state index in [9.17, 15) is 4.79 Å². The Bertz CT molecular complexity index is 531. The number of rotatable bonds is 6. The van der Waals surface area contributed by atoms with Crippen LogP contribution in [0, 0.1) is 0 Å². The topological polar surface area (TPSA) is 55.6 Å². The van der Waals surface area contributed by atoms with Gasteiger partial charge >= 0.3 is 0 Å². The summed E-state index contributed by atoms with van der Waals surface area (Å²) in [6.45, 7) is 3.83. The summed E-state index contributed by atoms with van der Waals surface area (Å²) in [4.78, 5) is 14.4. The van der Waals surface area contributed by atoms with Crippen LogP contribution in [0.3, 0.4) is 0 Å². The average molecular weight is 309 g/mol. The fraction of sp³-hybridized carbons (Fsp3) is 0.438. The Balaban J connectivity index is 2.07. The van der Waals surface area contributed by atoms with Crippen LogP contribution >= 0.6 is 11.6 Å². The molecule has 4 nitrogen and oxygen atoms in total. The third-order valence-electron chi connectivity index (χ3n) is 3.52. The molecule has 114 valence electrons. The van der Waals surface area contributed by atoms with Crippen LogP contribution in [0.4, 0.5) is 0 Å². The second kappa shape index (κ2) is 7.48. The fourth-order valence-electron chi connectivity index (χ4n) is 2.34. The predicted molar refractivity (Wildman–Crippen MR) is 84.9 cm³/mol. The molecule has 0 unspecified atom stereocenters. The van der Waals surface area contributed by atoms with Gasteiger partial charge in [0.05, 0.1) is 17.7 Å². The SMILES string of the molecule is CC[C@H]1C=CCN1C(=O)c1ccc(OCCCN)c(Cl)c1. The first kappa shape index (κ1) is 15.9. The second-order valence-corrected chi connectivity index (χ2v) is 5.40. The van der Waals surface area contributed by atoms with Gasteiger partial charge in [0.2, 0.25) is 0 Å². The molecule has 1 atom stereocenters. The molecule has 1 heterocycles. The van der Waals surface area contributed by atoms with Gasteiger partial charge in [-0.3, -0.25) is 4.79 Å². The van der Waals surface area contributed by atoms with Crippen molar-refractivity contribution in [1.82, 2.24) is 4.90 Å². The molecule has 0 aliphatic carbocycles. The van der Waals surface area contributed by atoms with Crippen LogP contribution in [-0.2, 0) is 0 Å². The van der Waals surface area contributed by atoms with Gasteiger partial charge in [0.15, 0.2) is 0 Å². The Labute approximate surface area is 130 Å². The smallest absolute Gasteiger partial charge is 0.254 e. The molecule has 21 heavy (non-hydrogen) atoms. The van der Waals surface area contributed by atoms with Crippen LogP contribution in [0.25, 0.3) is 0 Å². The molecule has 1 aliphatic rings. The highest BCUT2D eigenvalue weighted by Gasteiger charge is 2.24. The lowest BCUT2D eigenvalue weighted by Gasteiger charge is -2.23. The molecule has 1 aliphatic heterocycles. The molecule has 0 aromatic heterocycles. The van der Waals surface area contributed by atoms with E-state index >= 15 is 0 Å². The largest absolute Gasteiger partial charge is 0.492 e. The van der Waals surface area contributed by atoms with Gasteiger partial charge in [-0.25, -0.2) is 0 Å². The van der Waals surface area contributed by atoms with Crippen molar-refractivity contribution in [2.75, 3.05) is 19.7 Å². The first-order chi connectivity index (χ1) is 10.2. The third kappa shape index (κ3) is 3.77. The molecule has 0 radical (unpaired) electrons. The number of nitrogens with two attached hydrogens (primary N) is 1. The zero-order valence-electron chi connectivity index (χ0n) is 12.2. The number of hydrogen-bond acceptors (Lipinski definition) is 3. The Morgan fingerprint density at radius 1 is 1.52 bits per heavy atom. The molecule has 2 rings (SSSR count). The van der Waals surface area contributed by atoms with Crippen molar-refractivity contribution >= 4 is 17.5 Å². The van der Waals surface area contributed by atoms with Gasteiger partial charge in [-0.05, 0) is 37.6 Å². The number of ether oxygens (including phenoxy) is 1. The van der Waals surface area contributed by atoms with Crippen molar-refractivity contribution in [2.24, 2.45) is 5.73 Å². The van der Waals surface area contributed by atoms with Crippen molar-refractivity contribution in [3.63, 3.8) is 0 Å². The first-order valence-electron chi connectivity index (χ1n) is 7.27. The number of carbonyl (C=O) groups is 1. The maximum absolute atomic E-state index is 12.5. The number of nitrogens with zero attached hydrogens (tertiary/aromatic N) is 1. The van der Waals surface area contributed by atoms with Gasteiger partial charge in [-0.2, -0.15) is 0 Å². The minimum atomic E-state index is 0.00209. The number of hydrogen-bond donors (Lipinski definition) is 1. The molecule has 0 bridgehead atoms. The van der Waals surface area contributed by atoms with Crippen molar-refractivity contribution in [2.45, 2.75) is 25.8 Å². The van der Waals surface area contributed by atoms with E-state index in [1.54, 1.807) is 18.2 Å². The minimum Gasteiger partial charge on any atom is -0.492 e. The second-order valence-electron chi connectivity index (χ2n) is 5.00. The Morgan fingerprint density at radius 3 is 3.00 bits per heavy atom. The van der Waals surface area contributed by atoms with Crippen LogP contribution in [0.2, 0.25) is 5.02 Å². The quantitative estimate of drug-likeness (QED) is 0.649. The van der Waals surface area contributed by atoms with Gasteiger partial charge in [0.1, 0.15) is 5.75 Å². The number of carbonyl (C=O) groups excluding carboxylic acids is 1. The van der Waals surface area contributed by atoms with Gasteiger partial charge in [0.25, 0.3) is 5.91 Å². The lowest BCUT2D eigenvalue weighted by atomic mass is 10.1. The monoisotopic (exact) mass is 308 g/mol. The average Bonchev–Trinajstić information content (AvgIpc) is 2.96. The van der Waals surface area contributed by atoms with Gasteiger partial charge < -0.3 is 15.4 Å². The molecule has 0 saturated carbocycles. The lowest BCUT2D eigenvalue weighted by molar-refractivity contribution is 0.0747. The summed E-state index contributed by atoms with van der Waals surface area (Å²) in [5, 5.41) is 0.457. The molecule has 0 fully saturated rings. The summed E-state index contributed by atoms with van der Waals surface area (Å²) in [6.07, 6.45) is 5.78. The molecule has 1 amide bonds. The summed E-state index contributed by atoms with van der Waals surface area (Å²) in [7, 11) is 0. The molecule has 0 saturated heterocycles. The summed E-state index contributed by atoms with van der Waals surface area (Å²) in [5.41, 5.74) is 6.01. The Kier molecular flexibility index (Phi) is 5.65. The molecule has 1 aromatic carbocycles. The van der Waals surface area contributed by atoms with Crippen LogP contribution in [0.15, 0.2) is 30.4 Å². The Hall–Kier alpha value is -1.52. The van der Waals surface area contributed by atoms with Gasteiger partial charge in [-0.15, -0.1) is 0 Å². The van der Waals surface area contributed by atoms with Crippen LogP contribution in [0.5, 0.6) is 5.75 Å². The van der Waals surface area contributed by atoms with Crippen LogP contribution in [-0.4, -0.2) is 36.5 Å². The minimum absolute atomic E-state index is 0.00209. The zero-order chi connectivity index (χ0) is 15.2. The normalized spacial score (nSPS) is 17.3. The molecule has 5 heteroatoms. The maximum Gasteiger partial charge on any atom is 0.254 e. The van der Waals surface area contributed by atoms with Gasteiger partial charge in [0, 0.05) is 12.1 Å². The number of amides is 1. The predicted octanol–water partition coefficient (Wildman–Crippen LogP) is 2.86. The highest BCUT2D eigenvalue weighted by atomic mass is 35.5. The van der Waals surface area contributed by atoms with E-state index in [1.807, 2.05) is 11.0 Å². The van der Waals surface area contributed by atoms with Gasteiger partial charge in [-0.1, -0.05) is 30.7 Å². The van der Waals surface area contributed by atoms with E-state index < -0.39 is 0 Å². The molecule has 0 spiro atoms. The number of benzene rings is 1. The lowest BCUT2D eigenvalue weighted by Crippen LogP contribution is -2.35. The van der Waals surface area contributed by atoms with Crippen molar-refractivity contribution in [3.05, 3.63) is 40.9 Å². The van der Waals surface area contributed by atoms with Crippen molar-refractivity contribution in [3.8, 4) is 5.75 Å². The maximum atomic E-state index is 12.5. The van der Waals surface area contributed by atoms with E-state index in [4.69, 9.17) is 22.1 Å². The number of halogens is 1. The van der Waals surface area contributed by atoms with Crippen molar-refractivity contribution < 1.29 is 9.53 Å². The summed E-state index contributed by atoms with van der Waals surface area (Å²) < 4.78 is 5.53. The van der Waals surface area contributed by atoms with E-state index in [2.05, 4.69) is 13.0 Å². The first-order valence-corrected chi connectivity index (χ1v) is 7.65. The highest BCUT2D eigenvalue weighted by molar-refractivity contribution is 6.32. The van der Waals surface area contributed by atoms with Crippen LogP contribution < -0.4 is 10.5 Å². The van der Waals surface area contributed by atoms with E-state index in [0.717, 1.165) is 12.8 Å². The van der Waals surface area contributed by atoms with E-state index in [1.165, 1.54) is 0 Å². The van der Waals surface area contributed by atoms with E-state index in [-0.39, 0.29) is 11.9 Å². The molecule has 1 aromatic rings. The summed E-state index contributed by atoms with van der Waals surface area (Å²) >= 11 is 6.19. The molecular formula is C16H21ClN2O2.